The van der Waals surface area contributed by atoms with Gasteiger partial charge in [0.15, 0.2) is 18.0 Å². The summed E-state index contributed by atoms with van der Waals surface area (Å²) in [6.45, 7) is 3.37. The molecule has 1 fully saturated rings. The van der Waals surface area contributed by atoms with Crippen molar-refractivity contribution in [1.29, 1.82) is 0 Å². The maximum Gasteiger partial charge on any atom is 0.261 e. The van der Waals surface area contributed by atoms with Crippen molar-refractivity contribution in [2.75, 3.05) is 25.0 Å². The highest BCUT2D eigenvalue weighted by Gasteiger charge is 2.46. The minimum absolute atomic E-state index is 0.0383. The van der Waals surface area contributed by atoms with Gasteiger partial charge in [0.05, 0.1) is 6.42 Å². The number of benzene rings is 2. The summed E-state index contributed by atoms with van der Waals surface area (Å²) in [5.41, 5.74) is 0.294. The second-order valence-corrected chi connectivity index (χ2v) is 8.22. The third-order valence-corrected chi connectivity index (χ3v) is 5.91. The number of likely N-dealkylation sites (tertiary alicyclic amines) is 1. The summed E-state index contributed by atoms with van der Waals surface area (Å²) in [5.74, 6) is -0.510. The van der Waals surface area contributed by atoms with Crippen molar-refractivity contribution in [1.82, 2.24) is 4.90 Å². The Balaban J connectivity index is 1.39. The van der Waals surface area contributed by atoms with E-state index in [9.17, 15) is 19.5 Å². The molecule has 0 saturated carbocycles. The number of nitrogens with zero attached hydrogens (tertiary/aromatic N) is 1. The Bertz CT molecular complexity index is 1010. The van der Waals surface area contributed by atoms with Crippen LogP contribution in [0.15, 0.2) is 42.5 Å². The summed E-state index contributed by atoms with van der Waals surface area (Å²) in [5, 5.41) is 13.6. The number of aryl methyl sites for hydroxylation is 1. The van der Waals surface area contributed by atoms with Crippen molar-refractivity contribution in [3.63, 3.8) is 0 Å². The van der Waals surface area contributed by atoms with Gasteiger partial charge in [0, 0.05) is 29.9 Å². The zero-order valence-corrected chi connectivity index (χ0v) is 17.5. The van der Waals surface area contributed by atoms with Crippen molar-refractivity contribution in [3.8, 4) is 5.75 Å². The molecule has 4 rings (SSSR count). The number of amides is 2. The number of nitrogens with one attached hydrogen (secondary N) is 1. The SMILES string of the molecule is Cc1ccc2c(c1)[C@@](O)(CC(=O)c1ccc(OCC(=O)N3CCCCC3)cc1)C(=O)N2. The molecule has 2 aromatic rings. The van der Waals surface area contributed by atoms with E-state index in [2.05, 4.69) is 5.32 Å². The molecule has 2 aliphatic rings. The number of carbonyl (C=O) groups excluding carboxylic acids is 3. The van der Waals surface area contributed by atoms with E-state index in [1.165, 1.54) is 0 Å². The third kappa shape index (κ3) is 4.32. The van der Waals surface area contributed by atoms with E-state index in [0.717, 1.165) is 37.9 Å². The molecule has 0 aromatic heterocycles. The summed E-state index contributed by atoms with van der Waals surface area (Å²) in [4.78, 5) is 39.2. The van der Waals surface area contributed by atoms with Crippen LogP contribution in [0.2, 0.25) is 0 Å². The number of rotatable bonds is 6. The van der Waals surface area contributed by atoms with E-state index in [0.29, 0.717) is 22.6 Å². The number of hydrogen-bond acceptors (Lipinski definition) is 5. The molecule has 2 aliphatic heterocycles. The maximum absolute atomic E-state index is 12.8. The van der Waals surface area contributed by atoms with Crippen LogP contribution in [0, 0.1) is 6.92 Å². The van der Waals surface area contributed by atoms with Crippen LogP contribution in [-0.2, 0) is 15.2 Å². The summed E-state index contributed by atoms with van der Waals surface area (Å²) < 4.78 is 5.57. The molecule has 31 heavy (non-hydrogen) atoms. The van der Waals surface area contributed by atoms with Gasteiger partial charge in [0.25, 0.3) is 11.8 Å². The number of aliphatic hydroxyl groups is 1. The minimum atomic E-state index is -1.89. The topological polar surface area (TPSA) is 95.9 Å². The second kappa shape index (κ2) is 8.51. The lowest BCUT2D eigenvalue weighted by molar-refractivity contribution is -0.134. The number of ether oxygens (including phenoxy) is 1. The molecule has 1 atom stereocenters. The zero-order valence-electron chi connectivity index (χ0n) is 17.5. The van der Waals surface area contributed by atoms with Crippen molar-refractivity contribution in [2.45, 2.75) is 38.2 Å². The molecule has 0 aliphatic carbocycles. The van der Waals surface area contributed by atoms with Crippen LogP contribution in [0.1, 0.15) is 47.2 Å². The Hall–Kier alpha value is -3.19. The largest absolute Gasteiger partial charge is 0.484 e. The first-order valence-electron chi connectivity index (χ1n) is 10.6. The molecule has 0 radical (unpaired) electrons. The van der Waals surface area contributed by atoms with Crippen molar-refractivity contribution >= 4 is 23.3 Å². The van der Waals surface area contributed by atoms with Crippen LogP contribution in [0.4, 0.5) is 5.69 Å². The number of ketones is 1. The minimum Gasteiger partial charge on any atom is -0.484 e. The van der Waals surface area contributed by atoms with Gasteiger partial charge in [-0.25, -0.2) is 0 Å². The normalized spacial score (nSPS) is 20.2. The van der Waals surface area contributed by atoms with Gasteiger partial charge in [0.1, 0.15) is 5.75 Å². The van der Waals surface area contributed by atoms with E-state index >= 15 is 0 Å². The first-order valence-corrected chi connectivity index (χ1v) is 10.6. The lowest BCUT2D eigenvalue weighted by Crippen LogP contribution is -2.38. The van der Waals surface area contributed by atoms with E-state index in [4.69, 9.17) is 4.74 Å². The van der Waals surface area contributed by atoms with Crippen LogP contribution in [-0.4, -0.2) is 47.3 Å². The van der Waals surface area contributed by atoms with Crippen molar-refractivity contribution in [3.05, 3.63) is 59.2 Å². The van der Waals surface area contributed by atoms with Gasteiger partial charge in [-0.1, -0.05) is 17.7 Å². The van der Waals surface area contributed by atoms with Crippen LogP contribution in [0.25, 0.3) is 0 Å². The van der Waals surface area contributed by atoms with E-state index < -0.39 is 11.5 Å². The predicted octanol–water partition coefficient (Wildman–Crippen LogP) is 2.80. The molecular formula is C24H26N2O5. The Morgan fingerprint density at radius 2 is 1.81 bits per heavy atom. The molecule has 2 heterocycles. The zero-order chi connectivity index (χ0) is 22.0. The van der Waals surface area contributed by atoms with Gasteiger partial charge in [-0.2, -0.15) is 0 Å². The van der Waals surface area contributed by atoms with E-state index in [1.54, 1.807) is 36.4 Å². The molecule has 0 bridgehead atoms. The average Bonchev–Trinajstić information content (AvgIpc) is 3.02. The van der Waals surface area contributed by atoms with Crippen molar-refractivity contribution in [2.24, 2.45) is 0 Å². The van der Waals surface area contributed by atoms with Gasteiger partial charge in [-0.3, -0.25) is 14.4 Å². The highest BCUT2D eigenvalue weighted by atomic mass is 16.5. The molecule has 7 nitrogen and oxygen atoms in total. The summed E-state index contributed by atoms with van der Waals surface area (Å²) >= 11 is 0. The molecule has 2 aromatic carbocycles. The number of anilines is 1. The first-order chi connectivity index (χ1) is 14.9. The molecule has 2 N–H and O–H groups in total. The quantitative estimate of drug-likeness (QED) is 0.698. The standard InChI is InChI=1S/C24H26N2O5/c1-16-5-10-20-19(13-16)24(30,23(29)25-20)14-21(27)17-6-8-18(9-7-17)31-15-22(28)26-11-3-2-4-12-26/h5-10,13,30H,2-4,11-12,14-15H2,1H3,(H,25,29)/t24-/m0/s1. The molecular weight excluding hydrogens is 396 g/mol. The predicted molar refractivity (Wildman–Crippen MR) is 115 cm³/mol. The summed E-state index contributed by atoms with van der Waals surface area (Å²) in [7, 11) is 0. The lowest BCUT2D eigenvalue weighted by atomic mass is 9.87. The van der Waals surface area contributed by atoms with Crippen LogP contribution >= 0.6 is 0 Å². The fraction of sp³-hybridized carbons (Fsp3) is 0.375. The number of carbonyl (C=O) groups is 3. The van der Waals surface area contributed by atoms with Gasteiger partial charge in [-0.05, 0) is 56.5 Å². The molecule has 2 amide bonds. The van der Waals surface area contributed by atoms with Gasteiger partial charge in [-0.15, -0.1) is 0 Å². The fourth-order valence-electron chi connectivity index (χ4n) is 4.08. The Morgan fingerprint density at radius 3 is 2.52 bits per heavy atom. The number of hydrogen-bond donors (Lipinski definition) is 2. The molecule has 0 unspecified atom stereocenters. The number of fused-ring (bicyclic) bond motifs is 1. The molecule has 1 saturated heterocycles. The smallest absolute Gasteiger partial charge is 0.261 e. The summed E-state index contributed by atoms with van der Waals surface area (Å²) in [6.07, 6.45) is 2.85. The van der Waals surface area contributed by atoms with Gasteiger partial charge >= 0.3 is 0 Å². The molecule has 162 valence electrons. The highest BCUT2D eigenvalue weighted by molar-refractivity contribution is 6.09. The summed E-state index contributed by atoms with van der Waals surface area (Å²) in [6, 6.07) is 11.7. The molecule has 0 spiro atoms. The van der Waals surface area contributed by atoms with E-state index in [-0.39, 0.29) is 24.7 Å². The van der Waals surface area contributed by atoms with Crippen LogP contribution in [0.5, 0.6) is 5.75 Å². The Morgan fingerprint density at radius 1 is 1.10 bits per heavy atom. The highest BCUT2D eigenvalue weighted by Crippen LogP contribution is 2.39. The van der Waals surface area contributed by atoms with E-state index in [1.807, 2.05) is 17.9 Å². The lowest BCUT2D eigenvalue weighted by Gasteiger charge is -2.26. The van der Waals surface area contributed by atoms with Gasteiger partial charge < -0.3 is 20.1 Å². The Kier molecular flexibility index (Phi) is 5.78. The molecule has 7 heteroatoms. The van der Waals surface area contributed by atoms with Gasteiger partial charge in [0.2, 0.25) is 0 Å². The Labute approximate surface area is 181 Å². The number of Topliss-reactive ketones (excluding diaryl/α,β-unsaturated/α-hetero) is 1. The number of piperidine rings is 1. The maximum atomic E-state index is 12.8. The fourth-order valence-corrected chi connectivity index (χ4v) is 4.08. The second-order valence-electron chi connectivity index (χ2n) is 8.22. The average molecular weight is 422 g/mol. The third-order valence-electron chi connectivity index (χ3n) is 5.91. The monoisotopic (exact) mass is 422 g/mol. The van der Waals surface area contributed by atoms with Crippen molar-refractivity contribution < 1.29 is 24.2 Å². The van der Waals surface area contributed by atoms with Crippen LogP contribution in [0.3, 0.4) is 0 Å². The first kappa shape index (κ1) is 21.1. The van der Waals surface area contributed by atoms with Crippen LogP contribution < -0.4 is 10.1 Å².